The second-order valence-corrected chi connectivity index (χ2v) is 10.1. The van der Waals surface area contributed by atoms with Gasteiger partial charge in [-0.15, -0.1) is 0 Å². The molecule has 2 amide bonds. The number of amides is 2. The first-order valence-corrected chi connectivity index (χ1v) is 10.9. The molecule has 1 saturated carbocycles. The second kappa shape index (κ2) is 9.74. The third-order valence-electron chi connectivity index (χ3n) is 6.19. The fourth-order valence-corrected chi connectivity index (χ4v) is 4.41. The zero-order valence-corrected chi connectivity index (χ0v) is 20.2. The molecule has 1 aromatic carbocycles. The van der Waals surface area contributed by atoms with Crippen LogP contribution in [-0.4, -0.2) is 41.9 Å². The molecule has 1 heterocycles. The van der Waals surface area contributed by atoms with Crippen LogP contribution in [0.1, 0.15) is 76.2 Å². The molecule has 31 heavy (non-hydrogen) atoms. The average Bonchev–Trinajstić information content (AvgIpc) is 3.20. The van der Waals surface area contributed by atoms with Gasteiger partial charge in [0, 0.05) is 5.56 Å². The van der Waals surface area contributed by atoms with E-state index in [9.17, 15) is 14.4 Å². The maximum absolute atomic E-state index is 13.1. The summed E-state index contributed by atoms with van der Waals surface area (Å²) in [6.07, 6.45) is 2.45. The molecule has 1 aliphatic heterocycles. The first-order valence-electron chi connectivity index (χ1n) is 10.9. The van der Waals surface area contributed by atoms with Crippen molar-refractivity contribution in [2.24, 2.45) is 5.92 Å². The van der Waals surface area contributed by atoms with Crippen molar-refractivity contribution in [1.82, 2.24) is 10.6 Å². The van der Waals surface area contributed by atoms with Gasteiger partial charge in [-0.2, -0.15) is 13.5 Å². The third kappa shape index (κ3) is 5.50. The first-order chi connectivity index (χ1) is 14.0. The third-order valence-corrected chi connectivity index (χ3v) is 6.19. The zero-order valence-electron chi connectivity index (χ0n) is 19.2. The number of carbonyl (C=O) groups is 3. The molecule has 2 fully saturated rings. The van der Waals surface area contributed by atoms with Gasteiger partial charge in [-0.05, 0) is 54.7 Å². The molecular formula is C24H36N2O4S. The number of Topliss-reactive ketones (excluding diaryl/α,β-unsaturated/α-hetero) is 1. The van der Waals surface area contributed by atoms with E-state index in [1.807, 2.05) is 26.0 Å². The largest absolute Gasteiger partial charge is 0.367 e. The van der Waals surface area contributed by atoms with E-state index in [2.05, 4.69) is 31.4 Å². The summed E-state index contributed by atoms with van der Waals surface area (Å²) in [5, 5.41) is 5.85. The number of carbonyl (C=O) groups excluding carboxylic acids is 3. The lowest BCUT2D eigenvalue weighted by Crippen LogP contribution is -2.60. The summed E-state index contributed by atoms with van der Waals surface area (Å²) in [4.78, 5) is 38.5. The highest BCUT2D eigenvalue weighted by Gasteiger charge is 2.55. The summed E-state index contributed by atoms with van der Waals surface area (Å²) in [5.41, 5.74) is 0.733. The van der Waals surface area contributed by atoms with Crippen LogP contribution in [0.5, 0.6) is 0 Å². The Kier molecular flexibility index (Phi) is 7.98. The van der Waals surface area contributed by atoms with E-state index < -0.39 is 11.6 Å². The Bertz CT molecular complexity index is 816. The molecule has 0 unspecified atom stereocenters. The lowest BCUT2D eigenvalue weighted by Gasteiger charge is -2.30. The van der Waals surface area contributed by atoms with Gasteiger partial charge in [-0.25, -0.2) is 0 Å². The minimum Gasteiger partial charge on any atom is -0.367 e. The Morgan fingerprint density at radius 3 is 2.42 bits per heavy atom. The zero-order chi connectivity index (χ0) is 22.1. The maximum Gasteiger partial charge on any atom is 0.251 e. The van der Waals surface area contributed by atoms with Crippen molar-refractivity contribution < 1.29 is 19.1 Å². The van der Waals surface area contributed by atoms with Crippen LogP contribution in [0.3, 0.4) is 0 Å². The summed E-state index contributed by atoms with van der Waals surface area (Å²) >= 11 is 0. The van der Waals surface area contributed by atoms with Crippen molar-refractivity contribution >= 4 is 31.1 Å². The van der Waals surface area contributed by atoms with Gasteiger partial charge in [0.25, 0.3) is 5.91 Å². The number of benzene rings is 1. The number of fused-ring (bicyclic) bond motifs is 1. The van der Waals surface area contributed by atoms with Crippen LogP contribution in [-0.2, 0) is 19.7 Å². The highest BCUT2D eigenvalue weighted by Crippen LogP contribution is 2.38. The van der Waals surface area contributed by atoms with Crippen LogP contribution in [0, 0.1) is 5.92 Å². The topological polar surface area (TPSA) is 84.5 Å². The van der Waals surface area contributed by atoms with Crippen LogP contribution in [0.4, 0.5) is 0 Å². The van der Waals surface area contributed by atoms with Crippen molar-refractivity contribution in [2.45, 2.75) is 83.4 Å². The molecular weight excluding hydrogens is 412 g/mol. The minimum atomic E-state index is -0.925. The molecule has 6 nitrogen and oxygen atoms in total. The van der Waals surface area contributed by atoms with Gasteiger partial charge >= 0.3 is 0 Å². The molecule has 2 N–H and O–H groups in total. The molecule has 2 aliphatic rings. The smallest absolute Gasteiger partial charge is 0.251 e. The Morgan fingerprint density at radius 2 is 1.84 bits per heavy atom. The lowest BCUT2D eigenvalue weighted by atomic mass is 9.86. The molecule has 172 valence electrons. The van der Waals surface area contributed by atoms with Crippen molar-refractivity contribution in [1.29, 1.82) is 0 Å². The molecule has 1 aliphatic carbocycles. The highest BCUT2D eigenvalue weighted by atomic mass is 32.1. The van der Waals surface area contributed by atoms with Crippen molar-refractivity contribution in [3.05, 3.63) is 35.4 Å². The Balaban J connectivity index is 0.00000341. The van der Waals surface area contributed by atoms with Crippen LogP contribution in [0.2, 0.25) is 0 Å². The van der Waals surface area contributed by atoms with Crippen LogP contribution in [0.15, 0.2) is 24.3 Å². The molecule has 7 heteroatoms. The number of nitrogens with one attached hydrogen (secondary N) is 2. The van der Waals surface area contributed by atoms with Crippen molar-refractivity contribution in [2.75, 3.05) is 6.61 Å². The van der Waals surface area contributed by atoms with Gasteiger partial charge in [-0.1, -0.05) is 46.8 Å². The summed E-state index contributed by atoms with van der Waals surface area (Å²) in [7, 11) is 0. The van der Waals surface area contributed by atoms with E-state index in [0.717, 1.165) is 18.4 Å². The standard InChI is InChI=1S/C24H34N2O4.H2S/c1-15(2)13-18(22(29)26-24-12-6-7-20(24)30-14-19(24)27)25-21(28)16-8-10-17(11-9-16)23(3,4)5;/h8-11,15,18,20H,6-7,12-14H2,1-5H3,(H,25,28)(H,26,29);1H2/t18-,20+,24-;/m0./s1. The van der Waals surface area contributed by atoms with Crippen LogP contribution >= 0.6 is 13.5 Å². The number of hydrogen-bond donors (Lipinski definition) is 2. The highest BCUT2D eigenvalue weighted by molar-refractivity contribution is 7.59. The summed E-state index contributed by atoms with van der Waals surface area (Å²) < 4.78 is 5.59. The quantitative estimate of drug-likeness (QED) is 0.700. The normalized spacial score (nSPS) is 23.8. The number of hydrogen-bond acceptors (Lipinski definition) is 4. The summed E-state index contributed by atoms with van der Waals surface area (Å²) in [5.74, 6) is -0.456. The first kappa shape index (κ1) is 25.4. The second-order valence-electron chi connectivity index (χ2n) is 10.1. The lowest BCUT2D eigenvalue weighted by molar-refractivity contribution is -0.131. The summed E-state index contributed by atoms with van der Waals surface area (Å²) in [6.45, 7) is 10.4. The van der Waals surface area contributed by atoms with Crippen molar-refractivity contribution in [3.63, 3.8) is 0 Å². The van der Waals surface area contributed by atoms with E-state index in [1.165, 1.54) is 0 Å². The van der Waals surface area contributed by atoms with E-state index >= 15 is 0 Å². The molecule has 3 atom stereocenters. The van der Waals surface area contributed by atoms with E-state index in [0.29, 0.717) is 18.4 Å². The molecule has 0 spiro atoms. The molecule has 3 rings (SSSR count). The minimum absolute atomic E-state index is 0. The number of rotatable bonds is 6. The predicted octanol–water partition coefficient (Wildman–Crippen LogP) is 3.25. The molecule has 0 bridgehead atoms. The SMILES string of the molecule is CC(C)C[C@H](NC(=O)c1ccc(C(C)(C)C)cc1)C(=O)N[C@]12CCC[C@H]1OCC2=O.S. The van der Waals surface area contributed by atoms with Gasteiger partial charge in [0.15, 0.2) is 5.78 Å². The number of ketones is 1. The average molecular weight is 449 g/mol. The van der Waals surface area contributed by atoms with Crippen LogP contribution in [0.25, 0.3) is 0 Å². The van der Waals surface area contributed by atoms with Gasteiger partial charge in [0.2, 0.25) is 5.91 Å². The fourth-order valence-electron chi connectivity index (χ4n) is 4.41. The Labute approximate surface area is 192 Å². The van der Waals surface area contributed by atoms with Gasteiger partial charge in [-0.3, -0.25) is 14.4 Å². The number of ether oxygens (including phenoxy) is 1. The Hall–Kier alpha value is -1.86. The van der Waals surface area contributed by atoms with E-state index in [1.54, 1.807) is 12.1 Å². The van der Waals surface area contributed by atoms with E-state index in [-0.39, 0.29) is 55.1 Å². The van der Waals surface area contributed by atoms with Gasteiger partial charge in [0.05, 0.1) is 6.10 Å². The predicted molar refractivity (Wildman–Crippen MR) is 126 cm³/mol. The molecule has 1 saturated heterocycles. The Morgan fingerprint density at radius 1 is 1.19 bits per heavy atom. The monoisotopic (exact) mass is 448 g/mol. The van der Waals surface area contributed by atoms with Crippen LogP contribution < -0.4 is 10.6 Å². The maximum atomic E-state index is 13.1. The van der Waals surface area contributed by atoms with E-state index in [4.69, 9.17) is 4.74 Å². The van der Waals surface area contributed by atoms with Crippen molar-refractivity contribution in [3.8, 4) is 0 Å². The van der Waals surface area contributed by atoms with Gasteiger partial charge < -0.3 is 15.4 Å². The van der Waals surface area contributed by atoms with Gasteiger partial charge in [0.1, 0.15) is 18.2 Å². The molecule has 0 aromatic heterocycles. The molecule has 1 aromatic rings. The molecule has 0 radical (unpaired) electrons. The fraction of sp³-hybridized carbons (Fsp3) is 0.625. The summed E-state index contributed by atoms with van der Waals surface area (Å²) in [6, 6.07) is 6.77.